The van der Waals surface area contributed by atoms with Gasteiger partial charge in [-0.05, 0) is 42.9 Å². The van der Waals surface area contributed by atoms with E-state index in [9.17, 15) is 4.79 Å². The summed E-state index contributed by atoms with van der Waals surface area (Å²) in [4.78, 5) is 16.4. The van der Waals surface area contributed by atoms with Gasteiger partial charge in [-0.15, -0.1) is 0 Å². The first kappa shape index (κ1) is 20.8. The third kappa shape index (κ3) is 5.53. The molecule has 3 aromatic rings. The van der Waals surface area contributed by atoms with Crippen molar-refractivity contribution in [3.8, 4) is 0 Å². The van der Waals surface area contributed by atoms with Gasteiger partial charge in [-0.2, -0.15) is 10.2 Å². The monoisotopic (exact) mass is 394 g/mol. The summed E-state index contributed by atoms with van der Waals surface area (Å²) in [7, 11) is 0. The molecule has 2 heterocycles. The molecule has 0 spiro atoms. The van der Waals surface area contributed by atoms with Crippen LogP contribution in [0, 0.1) is 19.8 Å². The maximum absolute atomic E-state index is 12.5. The van der Waals surface area contributed by atoms with Gasteiger partial charge in [-0.25, -0.2) is 9.67 Å². The van der Waals surface area contributed by atoms with Gasteiger partial charge in [-0.3, -0.25) is 9.48 Å². The van der Waals surface area contributed by atoms with Crippen molar-refractivity contribution in [3.63, 3.8) is 0 Å². The lowest BCUT2D eigenvalue weighted by molar-refractivity contribution is -0.121. The number of nitrogens with zero attached hydrogens (tertiary/aromatic N) is 5. The molecule has 1 aromatic carbocycles. The van der Waals surface area contributed by atoms with E-state index in [1.165, 1.54) is 17.6 Å². The van der Waals surface area contributed by atoms with Crippen LogP contribution >= 0.6 is 0 Å². The molecule has 7 nitrogen and oxygen atoms in total. The Hall–Kier alpha value is -2.96. The average molecular weight is 395 g/mol. The summed E-state index contributed by atoms with van der Waals surface area (Å²) in [5.74, 6) is 0.595. The summed E-state index contributed by atoms with van der Waals surface area (Å²) in [5.41, 5.74) is 5.59. The minimum Gasteiger partial charge on any atom is -0.352 e. The van der Waals surface area contributed by atoms with Gasteiger partial charge >= 0.3 is 0 Å². The Labute approximate surface area is 172 Å². The minimum absolute atomic E-state index is 0.0518. The van der Waals surface area contributed by atoms with Gasteiger partial charge in [0.2, 0.25) is 5.91 Å². The molecule has 154 valence electrons. The van der Waals surface area contributed by atoms with Crippen molar-refractivity contribution in [2.45, 2.75) is 60.2 Å². The number of carbonyl (C=O) groups is 1. The number of nitrogens with one attached hydrogen (secondary N) is 1. The van der Waals surface area contributed by atoms with Crippen LogP contribution < -0.4 is 5.32 Å². The van der Waals surface area contributed by atoms with Crippen molar-refractivity contribution >= 4 is 5.91 Å². The molecule has 0 bridgehead atoms. The molecule has 2 aromatic heterocycles. The lowest BCUT2D eigenvalue weighted by Crippen LogP contribution is -2.24. The fourth-order valence-corrected chi connectivity index (χ4v) is 3.51. The van der Waals surface area contributed by atoms with Crippen LogP contribution in [0.1, 0.15) is 48.3 Å². The number of amides is 1. The number of rotatable bonds is 9. The first-order chi connectivity index (χ1) is 13.9. The zero-order valence-corrected chi connectivity index (χ0v) is 17.7. The highest BCUT2D eigenvalue weighted by Crippen LogP contribution is 2.17. The Balaban J connectivity index is 1.56. The molecule has 7 heteroatoms. The smallest absolute Gasteiger partial charge is 0.220 e. The van der Waals surface area contributed by atoms with Crippen LogP contribution in [-0.4, -0.2) is 30.5 Å². The third-order valence-corrected chi connectivity index (χ3v) is 5.06. The van der Waals surface area contributed by atoms with Crippen LogP contribution in [-0.2, 0) is 30.8 Å². The number of aryl methyl sites for hydroxylation is 1. The molecule has 29 heavy (non-hydrogen) atoms. The highest BCUT2D eigenvalue weighted by molar-refractivity contribution is 5.76. The number of hydrogen-bond donors (Lipinski definition) is 1. The van der Waals surface area contributed by atoms with Crippen molar-refractivity contribution < 1.29 is 4.79 Å². The summed E-state index contributed by atoms with van der Waals surface area (Å²) in [5, 5.41) is 11.9. The molecule has 0 radical (unpaired) electrons. The van der Waals surface area contributed by atoms with E-state index >= 15 is 0 Å². The number of benzene rings is 1. The molecule has 0 saturated carbocycles. The van der Waals surface area contributed by atoms with Gasteiger partial charge in [0.05, 0.1) is 12.2 Å². The molecular formula is C22H30N6O. The molecule has 0 atom stereocenters. The van der Waals surface area contributed by atoms with Crippen LogP contribution in [0.25, 0.3) is 0 Å². The standard InChI is InChI=1S/C22H30N6O/c1-16(2)12-28-18(4)21(17(3)26-28)9-10-22(29)24-11-19-7-5-6-8-20(19)13-27-15-23-14-25-27/h5-8,14-16H,9-13H2,1-4H3,(H,24,29). The van der Waals surface area contributed by atoms with Crippen LogP contribution in [0.5, 0.6) is 0 Å². The topological polar surface area (TPSA) is 77.6 Å². The first-order valence-electron chi connectivity index (χ1n) is 10.1. The quantitative estimate of drug-likeness (QED) is 0.605. The lowest BCUT2D eigenvalue weighted by atomic mass is 10.1. The summed E-state index contributed by atoms with van der Waals surface area (Å²) in [6.07, 6.45) is 4.39. The molecule has 0 aliphatic rings. The van der Waals surface area contributed by atoms with Gasteiger partial charge < -0.3 is 5.32 Å². The van der Waals surface area contributed by atoms with E-state index in [1.807, 2.05) is 25.1 Å². The largest absolute Gasteiger partial charge is 0.352 e. The number of carbonyl (C=O) groups excluding carboxylic acids is 1. The van der Waals surface area contributed by atoms with Crippen molar-refractivity contribution in [3.05, 3.63) is 65.0 Å². The Morgan fingerprint density at radius 1 is 1.17 bits per heavy atom. The van der Waals surface area contributed by atoms with E-state index in [1.54, 1.807) is 11.0 Å². The molecule has 0 saturated heterocycles. The molecule has 0 aliphatic heterocycles. The highest BCUT2D eigenvalue weighted by Gasteiger charge is 2.14. The lowest BCUT2D eigenvalue weighted by Gasteiger charge is -2.11. The first-order valence-corrected chi connectivity index (χ1v) is 10.1. The van der Waals surface area contributed by atoms with Crippen LogP contribution in [0.15, 0.2) is 36.9 Å². The molecule has 0 fully saturated rings. The van der Waals surface area contributed by atoms with E-state index in [-0.39, 0.29) is 5.91 Å². The fraction of sp³-hybridized carbons (Fsp3) is 0.455. The summed E-state index contributed by atoms with van der Waals surface area (Å²) in [6.45, 7) is 10.5. The molecule has 0 unspecified atom stereocenters. The zero-order chi connectivity index (χ0) is 20.8. The maximum atomic E-state index is 12.5. The second-order valence-electron chi connectivity index (χ2n) is 7.86. The highest BCUT2D eigenvalue weighted by atomic mass is 16.1. The van der Waals surface area contributed by atoms with Crippen molar-refractivity contribution in [2.24, 2.45) is 5.92 Å². The normalized spacial score (nSPS) is 11.2. The van der Waals surface area contributed by atoms with Crippen LogP contribution in [0.4, 0.5) is 0 Å². The Morgan fingerprint density at radius 3 is 2.62 bits per heavy atom. The summed E-state index contributed by atoms with van der Waals surface area (Å²) in [6, 6.07) is 8.08. The van der Waals surface area contributed by atoms with E-state index in [0.717, 1.165) is 23.4 Å². The van der Waals surface area contributed by atoms with Crippen LogP contribution in [0.2, 0.25) is 0 Å². The molecule has 1 amide bonds. The predicted octanol–water partition coefficient (Wildman–Crippen LogP) is 3.04. The predicted molar refractivity (Wildman–Crippen MR) is 112 cm³/mol. The minimum atomic E-state index is 0.0518. The second-order valence-corrected chi connectivity index (χ2v) is 7.86. The van der Waals surface area contributed by atoms with Gasteiger partial charge in [0.25, 0.3) is 0 Å². The van der Waals surface area contributed by atoms with E-state index in [0.29, 0.717) is 31.8 Å². The van der Waals surface area contributed by atoms with Crippen molar-refractivity contribution in [1.82, 2.24) is 29.9 Å². The maximum Gasteiger partial charge on any atom is 0.220 e. The van der Waals surface area contributed by atoms with Gasteiger partial charge in [0.15, 0.2) is 0 Å². The molecule has 1 N–H and O–H groups in total. The van der Waals surface area contributed by atoms with E-state index in [2.05, 4.69) is 52.0 Å². The zero-order valence-electron chi connectivity index (χ0n) is 17.7. The molecule has 0 aliphatic carbocycles. The van der Waals surface area contributed by atoms with Crippen LogP contribution in [0.3, 0.4) is 0 Å². The van der Waals surface area contributed by atoms with E-state index < -0.39 is 0 Å². The Bertz CT molecular complexity index is 942. The SMILES string of the molecule is Cc1nn(CC(C)C)c(C)c1CCC(=O)NCc1ccccc1Cn1cncn1. The van der Waals surface area contributed by atoms with Gasteiger partial charge in [0.1, 0.15) is 12.7 Å². The van der Waals surface area contributed by atoms with Crippen molar-refractivity contribution in [2.75, 3.05) is 0 Å². The number of aromatic nitrogens is 5. The summed E-state index contributed by atoms with van der Waals surface area (Å²) < 4.78 is 3.84. The molecular weight excluding hydrogens is 364 g/mol. The Kier molecular flexibility index (Phi) is 6.80. The van der Waals surface area contributed by atoms with Gasteiger partial charge in [0, 0.05) is 25.2 Å². The summed E-state index contributed by atoms with van der Waals surface area (Å²) >= 11 is 0. The van der Waals surface area contributed by atoms with Gasteiger partial charge in [-0.1, -0.05) is 38.1 Å². The fourth-order valence-electron chi connectivity index (χ4n) is 3.51. The Morgan fingerprint density at radius 2 is 1.93 bits per heavy atom. The van der Waals surface area contributed by atoms with E-state index in [4.69, 9.17) is 0 Å². The second kappa shape index (κ2) is 9.49. The number of hydrogen-bond acceptors (Lipinski definition) is 4. The van der Waals surface area contributed by atoms with Crippen molar-refractivity contribution in [1.29, 1.82) is 0 Å². The average Bonchev–Trinajstić information content (AvgIpc) is 3.28. The third-order valence-electron chi connectivity index (χ3n) is 5.06. The molecule has 3 rings (SSSR count).